The zero-order chi connectivity index (χ0) is 22.3. The number of hydrogen-bond donors (Lipinski definition) is 2. The Morgan fingerprint density at radius 3 is 2.44 bits per heavy atom. The number of benzene rings is 3. The van der Waals surface area contributed by atoms with Crippen LogP contribution in [0.15, 0.2) is 94.3 Å². The molecule has 1 heterocycles. The second-order valence-electron chi connectivity index (χ2n) is 7.43. The summed E-state index contributed by atoms with van der Waals surface area (Å²) in [6.07, 6.45) is 1.96. The van der Waals surface area contributed by atoms with Crippen LogP contribution < -0.4 is 15.5 Å². The number of fused-ring (bicyclic) bond motifs is 1. The molecule has 0 aliphatic rings. The van der Waals surface area contributed by atoms with Crippen molar-refractivity contribution < 1.29 is 19.1 Å². The molecule has 4 aromatic rings. The average molecular weight is 429 g/mol. The highest BCUT2D eigenvalue weighted by Crippen LogP contribution is 2.23. The summed E-state index contributed by atoms with van der Waals surface area (Å²) in [7, 11) is 0. The third-order valence-electron chi connectivity index (χ3n) is 5.11. The normalized spacial score (nSPS) is 11.8. The van der Waals surface area contributed by atoms with Crippen molar-refractivity contribution >= 4 is 16.9 Å². The van der Waals surface area contributed by atoms with Crippen LogP contribution in [0.2, 0.25) is 0 Å². The lowest BCUT2D eigenvalue weighted by molar-refractivity contribution is -0.124. The number of rotatable bonds is 8. The summed E-state index contributed by atoms with van der Waals surface area (Å²) >= 11 is 0. The Bertz CT molecular complexity index is 1250. The van der Waals surface area contributed by atoms with Gasteiger partial charge in [0.2, 0.25) is 0 Å². The zero-order valence-electron chi connectivity index (χ0n) is 17.4. The van der Waals surface area contributed by atoms with Crippen LogP contribution >= 0.6 is 0 Å². The van der Waals surface area contributed by atoms with E-state index in [0.29, 0.717) is 28.7 Å². The molecule has 0 saturated carbocycles. The number of aliphatic hydroxyl groups is 1. The molecule has 32 heavy (non-hydrogen) atoms. The molecule has 1 amide bonds. The van der Waals surface area contributed by atoms with Crippen molar-refractivity contribution in [2.45, 2.75) is 12.5 Å². The quantitative estimate of drug-likeness (QED) is 0.447. The van der Waals surface area contributed by atoms with Gasteiger partial charge in [0.25, 0.3) is 5.91 Å². The van der Waals surface area contributed by atoms with E-state index in [4.69, 9.17) is 9.15 Å². The standard InChI is InChI=1S/C26H23NO5/c28-15-20(13-18-7-3-1-4-8-18)27-25(29)17-31-21-11-12-22-24(14-21)32-16-23(26(22)30)19-9-5-2-6-10-19/h1-12,14,16,20,28H,13,15,17H2,(H,27,29)/t20-/m1/s1. The van der Waals surface area contributed by atoms with Gasteiger partial charge in [0.1, 0.15) is 17.6 Å². The minimum atomic E-state index is -0.403. The predicted octanol–water partition coefficient (Wildman–Crippen LogP) is 3.56. The molecule has 6 heteroatoms. The maximum absolute atomic E-state index is 12.8. The Kier molecular flexibility index (Phi) is 6.63. The number of carbonyl (C=O) groups is 1. The summed E-state index contributed by atoms with van der Waals surface area (Å²) in [6.45, 7) is -0.394. The molecule has 0 bridgehead atoms. The smallest absolute Gasteiger partial charge is 0.258 e. The fourth-order valence-electron chi connectivity index (χ4n) is 3.49. The van der Waals surface area contributed by atoms with E-state index in [0.717, 1.165) is 11.1 Å². The molecule has 0 radical (unpaired) electrons. The molecule has 0 aliphatic heterocycles. The molecule has 4 rings (SSSR count). The van der Waals surface area contributed by atoms with Crippen LogP contribution in [-0.2, 0) is 11.2 Å². The van der Waals surface area contributed by atoms with E-state index in [2.05, 4.69) is 5.32 Å². The minimum Gasteiger partial charge on any atom is -0.484 e. The van der Waals surface area contributed by atoms with Gasteiger partial charge in [-0.3, -0.25) is 9.59 Å². The van der Waals surface area contributed by atoms with Gasteiger partial charge < -0.3 is 19.6 Å². The molecule has 6 nitrogen and oxygen atoms in total. The molecule has 1 aromatic heterocycles. The van der Waals surface area contributed by atoms with Crippen molar-refractivity contribution in [3.8, 4) is 16.9 Å². The molecule has 2 N–H and O–H groups in total. The topological polar surface area (TPSA) is 88.8 Å². The summed E-state index contributed by atoms with van der Waals surface area (Å²) in [5.74, 6) is 0.0628. The van der Waals surface area contributed by atoms with Crippen molar-refractivity contribution in [1.82, 2.24) is 5.32 Å². The van der Waals surface area contributed by atoms with Crippen molar-refractivity contribution in [1.29, 1.82) is 0 Å². The van der Waals surface area contributed by atoms with E-state index >= 15 is 0 Å². The minimum absolute atomic E-state index is 0.131. The summed E-state index contributed by atoms with van der Waals surface area (Å²) in [5, 5.41) is 12.8. The van der Waals surface area contributed by atoms with Crippen LogP contribution in [0.5, 0.6) is 5.75 Å². The van der Waals surface area contributed by atoms with Gasteiger partial charge in [0, 0.05) is 6.07 Å². The predicted molar refractivity (Wildman–Crippen MR) is 123 cm³/mol. The molecule has 0 fully saturated rings. The number of aliphatic hydroxyl groups excluding tert-OH is 1. The van der Waals surface area contributed by atoms with Crippen LogP contribution in [0.3, 0.4) is 0 Å². The monoisotopic (exact) mass is 429 g/mol. The molecular weight excluding hydrogens is 406 g/mol. The second kappa shape index (κ2) is 9.94. The summed E-state index contributed by atoms with van der Waals surface area (Å²) in [5.41, 5.74) is 2.54. The van der Waals surface area contributed by atoms with Crippen molar-refractivity contribution in [3.63, 3.8) is 0 Å². The third-order valence-corrected chi connectivity index (χ3v) is 5.11. The van der Waals surface area contributed by atoms with Gasteiger partial charge in [-0.25, -0.2) is 0 Å². The lowest BCUT2D eigenvalue weighted by Gasteiger charge is -2.16. The number of hydrogen-bond acceptors (Lipinski definition) is 5. The fourth-order valence-corrected chi connectivity index (χ4v) is 3.49. The highest BCUT2D eigenvalue weighted by Gasteiger charge is 2.14. The van der Waals surface area contributed by atoms with Gasteiger partial charge in [-0.05, 0) is 29.7 Å². The Labute approximate surface area is 185 Å². The van der Waals surface area contributed by atoms with Crippen LogP contribution in [0.4, 0.5) is 0 Å². The van der Waals surface area contributed by atoms with E-state index in [9.17, 15) is 14.7 Å². The first-order valence-electron chi connectivity index (χ1n) is 10.3. The maximum Gasteiger partial charge on any atom is 0.258 e. The van der Waals surface area contributed by atoms with E-state index in [-0.39, 0.29) is 24.5 Å². The van der Waals surface area contributed by atoms with Gasteiger partial charge in [-0.1, -0.05) is 60.7 Å². The lowest BCUT2D eigenvalue weighted by Crippen LogP contribution is -2.41. The largest absolute Gasteiger partial charge is 0.484 e. The highest BCUT2D eigenvalue weighted by atomic mass is 16.5. The number of ether oxygens (including phenoxy) is 1. The molecule has 0 spiro atoms. The fraction of sp³-hybridized carbons (Fsp3) is 0.154. The molecule has 0 saturated heterocycles. The molecule has 3 aromatic carbocycles. The highest BCUT2D eigenvalue weighted by molar-refractivity contribution is 5.83. The molecule has 0 aliphatic carbocycles. The first kappa shape index (κ1) is 21.3. The van der Waals surface area contributed by atoms with Gasteiger partial charge in [-0.15, -0.1) is 0 Å². The van der Waals surface area contributed by atoms with Gasteiger partial charge in [0.05, 0.1) is 23.6 Å². The SMILES string of the molecule is O=C(COc1ccc2c(=O)c(-c3ccccc3)coc2c1)N[C@@H](CO)Cc1ccccc1. The Hall–Kier alpha value is -3.90. The number of amides is 1. The van der Waals surface area contributed by atoms with Gasteiger partial charge in [0.15, 0.2) is 12.0 Å². The molecule has 0 unspecified atom stereocenters. The van der Waals surface area contributed by atoms with E-state index in [1.807, 2.05) is 60.7 Å². The molecule has 162 valence electrons. The lowest BCUT2D eigenvalue weighted by atomic mass is 10.1. The number of nitrogens with one attached hydrogen (secondary N) is 1. The van der Waals surface area contributed by atoms with E-state index in [1.54, 1.807) is 18.2 Å². The number of carbonyl (C=O) groups excluding carboxylic acids is 1. The summed E-state index contributed by atoms with van der Waals surface area (Å²) in [4.78, 5) is 25.1. The van der Waals surface area contributed by atoms with Crippen LogP contribution in [0.1, 0.15) is 5.56 Å². The molecular formula is C26H23NO5. The van der Waals surface area contributed by atoms with E-state index < -0.39 is 6.04 Å². The van der Waals surface area contributed by atoms with Gasteiger partial charge in [-0.2, -0.15) is 0 Å². The van der Waals surface area contributed by atoms with Crippen molar-refractivity contribution in [3.05, 3.63) is 101 Å². The third kappa shape index (κ3) is 5.04. The van der Waals surface area contributed by atoms with Crippen LogP contribution in [0.25, 0.3) is 22.1 Å². The summed E-state index contributed by atoms with van der Waals surface area (Å²) < 4.78 is 11.2. The van der Waals surface area contributed by atoms with Crippen LogP contribution in [0, 0.1) is 0 Å². The maximum atomic E-state index is 12.8. The first-order valence-corrected chi connectivity index (χ1v) is 10.3. The van der Waals surface area contributed by atoms with Crippen LogP contribution in [-0.4, -0.2) is 30.3 Å². The Balaban J connectivity index is 1.41. The first-order chi connectivity index (χ1) is 15.6. The van der Waals surface area contributed by atoms with Crippen molar-refractivity contribution in [2.75, 3.05) is 13.2 Å². The Morgan fingerprint density at radius 1 is 1.00 bits per heavy atom. The second-order valence-corrected chi connectivity index (χ2v) is 7.43. The summed E-state index contributed by atoms with van der Waals surface area (Å²) in [6, 6.07) is 23.4. The van der Waals surface area contributed by atoms with Crippen molar-refractivity contribution in [2.24, 2.45) is 0 Å². The zero-order valence-corrected chi connectivity index (χ0v) is 17.4. The average Bonchev–Trinajstić information content (AvgIpc) is 2.83. The Morgan fingerprint density at radius 2 is 1.72 bits per heavy atom. The van der Waals surface area contributed by atoms with Gasteiger partial charge >= 0.3 is 0 Å². The molecule has 1 atom stereocenters. The van der Waals surface area contributed by atoms with E-state index in [1.165, 1.54) is 6.26 Å².